The van der Waals surface area contributed by atoms with Crippen LogP contribution in [0.4, 0.5) is 0 Å². The Labute approximate surface area is 122 Å². The number of nitrogens with one attached hydrogen (secondary N) is 1. The van der Waals surface area contributed by atoms with Gasteiger partial charge in [0, 0.05) is 12.7 Å². The summed E-state index contributed by atoms with van der Waals surface area (Å²) in [5.41, 5.74) is 1.70. The SMILES string of the molecule is Cc1cnc(C(=O)NCc2ccc(S(N)(=O)=O)cc2)cn1. The molecule has 1 amide bonds. The Balaban J connectivity index is 2.00. The van der Waals surface area contributed by atoms with Gasteiger partial charge in [0.05, 0.1) is 16.8 Å². The molecule has 0 atom stereocenters. The molecule has 8 heteroatoms. The highest BCUT2D eigenvalue weighted by molar-refractivity contribution is 7.89. The van der Waals surface area contributed by atoms with Gasteiger partial charge in [-0.3, -0.25) is 9.78 Å². The molecule has 1 aromatic heterocycles. The molecule has 21 heavy (non-hydrogen) atoms. The fourth-order valence-electron chi connectivity index (χ4n) is 1.58. The van der Waals surface area contributed by atoms with Gasteiger partial charge in [0.1, 0.15) is 5.69 Å². The third-order valence-electron chi connectivity index (χ3n) is 2.72. The molecule has 2 rings (SSSR count). The Bertz CT molecular complexity index is 740. The van der Waals surface area contributed by atoms with Crippen molar-refractivity contribution in [2.75, 3.05) is 0 Å². The zero-order valence-electron chi connectivity index (χ0n) is 11.3. The topological polar surface area (TPSA) is 115 Å². The minimum absolute atomic E-state index is 0.0296. The van der Waals surface area contributed by atoms with E-state index in [-0.39, 0.29) is 23.0 Å². The summed E-state index contributed by atoms with van der Waals surface area (Å²) in [5, 5.41) is 7.68. The molecule has 7 nitrogen and oxygen atoms in total. The summed E-state index contributed by atoms with van der Waals surface area (Å²) in [6.07, 6.45) is 2.91. The number of carbonyl (C=O) groups is 1. The standard InChI is InChI=1S/C13H14N4O3S/c1-9-6-16-12(8-15-9)13(18)17-7-10-2-4-11(5-3-10)21(14,19)20/h2-6,8H,7H2,1H3,(H,17,18)(H2,14,19,20). The van der Waals surface area contributed by atoms with Crippen molar-refractivity contribution in [3.8, 4) is 0 Å². The molecule has 1 aromatic carbocycles. The molecule has 0 saturated carbocycles. The Morgan fingerprint density at radius 2 is 1.86 bits per heavy atom. The van der Waals surface area contributed by atoms with E-state index in [1.54, 1.807) is 19.1 Å². The van der Waals surface area contributed by atoms with Gasteiger partial charge in [-0.25, -0.2) is 18.5 Å². The lowest BCUT2D eigenvalue weighted by Gasteiger charge is -2.05. The molecule has 3 N–H and O–H groups in total. The van der Waals surface area contributed by atoms with Gasteiger partial charge in [-0.15, -0.1) is 0 Å². The van der Waals surface area contributed by atoms with Crippen LogP contribution < -0.4 is 10.5 Å². The van der Waals surface area contributed by atoms with E-state index in [4.69, 9.17) is 5.14 Å². The maximum atomic E-state index is 11.8. The van der Waals surface area contributed by atoms with Crippen LogP contribution in [-0.2, 0) is 16.6 Å². The predicted octanol–water partition coefficient (Wildman–Crippen LogP) is 0.362. The summed E-state index contributed by atoms with van der Waals surface area (Å²) < 4.78 is 22.2. The second kappa shape index (κ2) is 5.98. The van der Waals surface area contributed by atoms with Crippen molar-refractivity contribution >= 4 is 15.9 Å². The number of nitrogens with zero attached hydrogens (tertiary/aromatic N) is 2. The van der Waals surface area contributed by atoms with Gasteiger partial charge in [-0.05, 0) is 24.6 Å². The average molecular weight is 306 g/mol. The fraction of sp³-hybridized carbons (Fsp3) is 0.154. The summed E-state index contributed by atoms with van der Waals surface area (Å²) in [7, 11) is -3.70. The van der Waals surface area contributed by atoms with Crippen LogP contribution in [-0.4, -0.2) is 24.3 Å². The molecule has 0 aliphatic carbocycles. The minimum Gasteiger partial charge on any atom is -0.347 e. The van der Waals surface area contributed by atoms with Gasteiger partial charge in [0.2, 0.25) is 10.0 Å². The number of hydrogen-bond acceptors (Lipinski definition) is 5. The summed E-state index contributed by atoms with van der Waals surface area (Å²) in [6, 6.07) is 5.95. The van der Waals surface area contributed by atoms with E-state index in [1.807, 2.05) is 0 Å². The third-order valence-corrected chi connectivity index (χ3v) is 3.65. The third kappa shape index (κ3) is 4.07. The summed E-state index contributed by atoms with van der Waals surface area (Å²) in [4.78, 5) is 19.8. The number of aryl methyl sites for hydroxylation is 1. The van der Waals surface area contributed by atoms with E-state index >= 15 is 0 Å². The lowest BCUT2D eigenvalue weighted by molar-refractivity contribution is 0.0945. The Morgan fingerprint density at radius 1 is 1.19 bits per heavy atom. The number of primary sulfonamides is 1. The van der Waals surface area contributed by atoms with Gasteiger partial charge in [0.15, 0.2) is 0 Å². The van der Waals surface area contributed by atoms with E-state index in [0.717, 1.165) is 11.3 Å². The summed E-state index contributed by atoms with van der Waals surface area (Å²) in [6.45, 7) is 2.03. The van der Waals surface area contributed by atoms with Gasteiger partial charge in [0.25, 0.3) is 5.91 Å². The molecule has 2 aromatic rings. The number of sulfonamides is 1. The molecule has 0 fully saturated rings. The highest BCUT2D eigenvalue weighted by Crippen LogP contribution is 2.08. The van der Waals surface area contributed by atoms with Crippen molar-refractivity contribution in [1.82, 2.24) is 15.3 Å². The molecule has 0 unspecified atom stereocenters. The van der Waals surface area contributed by atoms with Gasteiger partial charge in [-0.2, -0.15) is 0 Å². The first-order chi connectivity index (χ1) is 9.86. The number of benzene rings is 1. The zero-order valence-corrected chi connectivity index (χ0v) is 12.1. The van der Waals surface area contributed by atoms with Gasteiger partial charge >= 0.3 is 0 Å². The number of amides is 1. The van der Waals surface area contributed by atoms with Crippen LogP contribution in [0.3, 0.4) is 0 Å². The number of aromatic nitrogens is 2. The molecule has 0 aliphatic heterocycles. The van der Waals surface area contributed by atoms with Crippen molar-refractivity contribution in [3.63, 3.8) is 0 Å². The van der Waals surface area contributed by atoms with E-state index in [9.17, 15) is 13.2 Å². The molecule has 0 spiro atoms. The van der Waals surface area contributed by atoms with Crippen LogP contribution in [0.15, 0.2) is 41.6 Å². The van der Waals surface area contributed by atoms with E-state index in [2.05, 4.69) is 15.3 Å². The molecular formula is C13H14N4O3S. The summed E-state index contributed by atoms with van der Waals surface area (Å²) in [5.74, 6) is -0.349. The highest BCUT2D eigenvalue weighted by atomic mass is 32.2. The predicted molar refractivity (Wildman–Crippen MR) is 75.8 cm³/mol. The molecule has 1 heterocycles. The minimum atomic E-state index is -3.70. The van der Waals surface area contributed by atoms with Gasteiger partial charge < -0.3 is 5.32 Å². The number of hydrogen-bond donors (Lipinski definition) is 2. The first kappa shape index (κ1) is 15.1. The lowest BCUT2D eigenvalue weighted by atomic mass is 10.2. The van der Waals surface area contributed by atoms with Crippen molar-refractivity contribution in [2.24, 2.45) is 5.14 Å². The maximum absolute atomic E-state index is 11.8. The van der Waals surface area contributed by atoms with Crippen molar-refractivity contribution in [2.45, 2.75) is 18.4 Å². The van der Waals surface area contributed by atoms with Crippen molar-refractivity contribution < 1.29 is 13.2 Å². The van der Waals surface area contributed by atoms with Crippen LogP contribution >= 0.6 is 0 Å². The first-order valence-corrected chi connectivity index (χ1v) is 7.59. The molecule has 110 valence electrons. The largest absolute Gasteiger partial charge is 0.347 e. The van der Waals surface area contributed by atoms with Crippen LogP contribution in [0.1, 0.15) is 21.7 Å². The number of nitrogens with two attached hydrogens (primary N) is 1. The molecule has 0 aliphatic rings. The van der Waals surface area contributed by atoms with Crippen molar-refractivity contribution in [3.05, 3.63) is 53.6 Å². The maximum Gasteiger partial charge on any atom is 0.271 e. The number of carbonyl (C=O) groups excluding carboxylic acids is 1. The Hall–Kier alpha value is -2.32. The van der Waals surface area contributed by atoms with E-state index < -0.39 is 10.0 Å². The fourth-order valence-corrected chi connectivity index (χ4v) is 2.10. The summed E-state index contributed by atoms with van der Waals surface area (Å²) >= 11 is 0. The smallest absolute Gasteiger partial charge is 0.271 e. The van der Waals surface area contributed by atoms with E-state index in [0.29, 0.717) is 0 Å². The van der Waals surface area contributed by atoms with Gasteiger partial charge in [-0.1, -0.05) is 12.1 Å². The van der Waals surface area contributed by atoms with Crippen LogP contribution in [0.2, 0.25) is 0 Å². The first-order valence-electron chi connectivity index (χ1n) is 6.05. The van der Waals surface area contributed by atoms with Crippen LogP contribution in [0.25, 0.3) is 0 Å². The quantitative estimate of drug-likeness (QED) is 0.846. The molecular weight excluding hydrogens is 292 g/mol. The monoisotopic (exact) mass is 306 g/mol. The van der Waals surface area contributed by atoms with Crippen molar-refractivity contribution in [1.29, 1.82) is 0 Å². The Morgan fingerprint density at radius 3 is 2.38 bits per heavy atom. The van der Waals surface area contributed by atoms with Crippen LogP contribution in [0.5, 0.6) is 0 Å². The second-order valence-electron chi connectivity index (χ2n) is 4.41. The average Bonchev–Trinajstić information content (AvgIpc) is 2.45. The number of rotatable bonds is 4. The Kier molecular flexibility index (Phi) is 4.29. The van der Waals surface area contributed by atoms with E-state index in [1.165, 1.54) is 24.5 Å². The normalized spacial score (nSPS) is 11.1. The molecule has 0 radical (unpaired) electrons. The highest BCUT2D eigenvalue weighted by Gasteiger charge is 2.09. The zero-order chi connectivity index (χ0) is 15.5. The lowest BCUT2D eigenvalue weighted by Crippen LogP contribution is -2.24. The second-order valence-corrected chi connectivity index (χ2v) is 5.98. The molecule has 0 saturated heterocycles. The van der Waals surface area contributed by atoms with Crippen LogP contribution in [0, 0.1) is 6.92 Å². The molecule has 0 bridgehead atoms.